The van der Waals surface area contributed by atoms with Crippen molar-refractivity contribution >= 4 is 5.78 Å². The molecular weight excluding hydrogens is 156 g/mol. The lowest BCUT2D eigenvalue weighted by Gasteiger charge is -1.98. The topological polar surface area (TPSA) is 52.0 Å². The van der Waals surface area contributed by atoms with Crippen molar-refractivity contribution in [2.45, 2.75) is 13.3 Å². The molecule has 0 aliphatic carbocycles. The van der Waals surface area contributed by atoms with Crippen LogP contribution >= 0.6 is 0 Å². The molecule has 0 atom stereocenters. The molecular formula is C8H10N2O2. The van der Waals surface area contributed by atoms with Crippen LogP contribution in [0.1, 0.15) is 23.8 Å². The molecule has 0 spiro atoms. The van der Waals surface area contributed by atoms with Crippen LogP contribution in [-0.2, 0) is 7.05 Å². The molecule has 1 aromatic rings. The molecule has 4 nitrogen and oxygen atoms in total. The highest BCUT2D eigenvalue weighted by Gasteiger charge is 2.04. The molecule has 0 radical (unpaired) electrons. The molecule has 0 aromatic carbocycles. The third-order valence-electron chi connectivity index (χ3n) is 1.58. The molecule has 0 bridgehead atoms. The van der Waals surface area contributed by atoms with Crippen LogP contribution < -0.4 is 5.56 Å². The minimum Gasteiger partial charge on any atom is -0.315 e. The molecule has 4 heteroatoms. The maximum atomic E-state index is 11.1. The first-order chi connectivity index (χ1) is 5.65. The highest BCUT2D eigenvalue weighted by molar-refractivity contribution is 5.93. The Labute approximate surface area is 69.9 Å². The Morgan fingerprint density at radius 1 is 1.67 bits per heavy atom. The Bertz CT molecular complexity index is 354. The maximum absolute atomic E-state index is 11.1. The second-order valence-corrected chi connectivity index (χ2v) is 2.50. The third kappa shape index (κ3) is 1.58. The van der Waals surface area contributed by atoms with Gasteiger partial charge in [-0.05, 0) is 0 Å². The van der Waals surface area contributed by atoms with Gasteiger partial charge in [-0.2, -0.15) is 0 Å². The Balaban J connectivity index is 3.13. The number of Topliss-reactive ketones (excluding diaryl/α,β-unsaturated/α-hetero) is 1. The van der Waals surface area contributed by atoms with Gasteiger partial charge in [-0.1, -0.05) is 6.92 Å². The van der Waals surface area contributed by atoms with Gasteiger partial charge in [0.15, 0.2) is 5.78 Å². The maximum Gasteiger partial charge on any atom is 0.268 e. The van der Waals surface area contributed by atoms with E-state index in [1.165, 1.54) is 10.8 Å². The minimum atomic E-state index is -0.206. The van der Waals surface area contributed by atoms with Crippen LogP contribution in [0, 0.1) is 0 Å². The fourth-order valence-electron chi connectivity index (χ4n) is 0.821. The quantitative estimate of drug-likeness (QED) is 0.596. The van der Waals surface area contributed by atoms with Crippen LogP contribution in [0.2, 0.25) is 0 Å². The SMILES string of the molecule is CCC(=O)c1cn(C)c(=O)cn1. The number of aromatic nitrogens is 2. The molecule has 64 valence electrons. The zero-order chi connectivity index (χ0) is 9.14. The molecule has 12 heavy (non-hydrogen) atoms. The molecule has 0 N–H and O–H groups in total. The number of nitrogens with zero attached hydrogens (tertiary/aromatic N) is 2. The van der Waals surface area contributed by atoms with E-state index >= 15 is 0 Å². The zero-order valence-corrected chi connectivity index (χ0v) is 7.07. The number of ketones is 1. The van der Waals surface area contributed by atoms with Gasteiger partial charge >= 0.3 is 0 Å². The third-order valence-corrected chi connectivity index (χ3v) is 1.58. The lowest BCUT2D eigenvalue weighted by atomic mass is 10.2. The van der Waals surface area contributed by atoms with Gasteiger partial charge in [0, 0.05) is 19.7 Å². The van der Waals surface area contributed by atoms with Gasteiger partial charge in [0.25, 0.3) is 5.56 Å². The average Bonchev–Trinajstić information content (AvgIpc) is 2.08. The first-order valence-electron chi connectivity index (χ1n) is 3.71. The van der Waals surface area contributed by atoms with E-state index < -0.39 is 0 Å². The van der Waals surface area contributed by atoms with E-state index in [1.807, 2.05) is 0 Å². The fraction of sp³-hybridized carbons (Fsp3) is 0.375. The van der Waals surface area contributed by atoms with Crippen molar-refractivity contribution < 1.29 is 4.79 Å². The molecule has 1 aromatic heterocycles. The van der Waals surface area contributed by atoms with Gasteiger partial charge in [-0.3, -0.25) is 9.59 Å². The Kier molecular flexibility index (Phi) is 2.38. The van der Waals surface area contributed by atoms with Crippen LogP contribution in [0.3, 0.4) is 0 Å². The largest absolute Gasteiger partial charge is 0.315 e. The summed E-state index contributed by atoms with van der Waals surface area (Å²) >= 11 is 0. The smallest absolute Gasteiger partial charge is 0.268 e. The molecule has 0 fully saturated rings. The first-order valence-corrected chi connectivity index (χ1v) is 3.71. The number of carbonyl (C=O) groups excluding carboxylic acids is 1. The normalized spacial score (nSPS) is 9.83. The monoisotopic (exact) mass is 166 g/mol. The summed E-state index contributed by atoms with van der Waals surface area (Å²) in [5.74, 6) is -0.0504. The molecule has 0 saturated heterocycles. The van der Waals surface area contributed by atoms with E-state index in [1.54, 1.807) is 14.0 Å². The van der Waals surface area contributed by atoms with Crippen LogP contribution in [0.25, 0.3) is 0 Å². The zero-order valence-electron chi connectivity index (χ0n) is 7.07. The van der Waals surface area contributed by atoms with Gasteiger partial charge in [-0.25, -0.2) is 4.98 Å². The first kappa shape index (κ1) is 8.64. The minimum absolute atomic E-state index is 0.0504. The molecule has 0 aliphatic heterocycles. The summed E-state index contributed by atoms with van der Waals surface area (Å²) in [5.41, 5.74) is 0.141. The summed E-state index contributed by atoms with van der Waals surface area (Å²) < 4.78 is 1.34. The molecule has 0 saturated carbocycles. The summed E-state index contributed by atoms with van der Waals surface area (Å²) in [6.45, 7) is 1.76. The van der Waals surface area contributed by atoms with Crippen LogP contribution in [0.15, 0.2) is 17.2 Å². The standard InChI is InChI=1S/C8H10N2O2/c1-3-7(11)6-5-10(2)8(12)4-9-6/h4-5H,3H2,1-2H3. The lowest BCUT2D eigenvalue weighted by Crippen LogP contribution is -2.18. The summed E-state index contributed by atoms with van der Waals surface area (Å²) in [6, 6.07) is 0. The second kappa shape index (κ2) is 3.30. The van der Waals surface area contributed by atoms with Gasteiger partial charge in [0.05, 0.1) is 6.20 Å². The van der Waals surface area contributed by atoms with Crippen LogP contribution in [0.5, 0.6) is 0 Å². The van der Waals surface area contributed by atoms with Crippen molar-refractivity contribution in [3.05, 3.63) is 28.4 Å². The molecule has 1 heterocycles. The van der Waals surface area contributed by atoms with E-state index in [-0.39, 0.29) is 11.3 Å². The van der Waals surface area contributed by atoms with Crippen LogP contribution in [0.4, 0.5) is 0 Å². The number of hydrogen-bond donors (Lipinski definition) is 0. The number of carbonyl (C=O) groups is 1. The highest BCUT2D eigenvalue weighted by Crippen LogP contribution is 1.94. The van der Waals surface area contributed by atoms with Crippen LogP contribution in [-0.4, -0.2) is 15.3 Å². The summed E-state index contributed by atoms with van der Waals surface area (Å²) in [5, 5.41) is 0. The van der Waals surface area contributed by atoms with E-state index in [4.69, 9.17) is 0 Å². The Hall–Kier alpha value is -1.45. The Morgan fingerprint density at radius 3 is 2.83 bits per heavy atom. The number of hydrogen-bond acceptors (Lipinski definition) is 3. The highest BCUT2D eigenvalue weighted by atomic mass is 16.1. The predicted molar refractivity (Wildman–Crippen MR) is 44.1 cm³/mol. The molecule has 1 rings (SSSR count). The van der Waals surface area contributed by atoms with Crippen molar-refractivity contribution in [1.29, 1.82) is 0 Å². The summed E-state index contributed by atoms with van der Waals surface area (Å²) in [4.78, 5) is 25.7. The number of aryl methyl sites for hydroxylation is 1. The fourth-order valence-corrected chi connectivity index (χ4v) is 0.821. The Morgan fingerprint density at radius 2 is 2.33 bits per heavy atom. The van der Waals surface area contributed by atoms with Gasteiger partial charge in [0.2, 0.25) is 0 Å². The van der Waals surface area contributed by atoms with Crippen molar-refractivity contribution in [2.75, 3.05) is 0 Å². The van der Waals surface area contributed by atoms with E-state index in [2.05, 4.69) is 4.98 Å². The van der Waals surface area contributed by atoms with Crippen molar-refractivity contribution in [3.63, 3.8) is 0 Å². The van der Waals surface area contributed by atoms with E-state index in [0.717, 1.165) is 6.20 Å². The van der Waals surface area contributed by atoms with Crippen molar-refractivity contribution in [2.24, 2.45) is 7.05 Å². The van der Waals surface area contributed by atoms with Gasteiger partial charge in [0.1, 0.15) is 5.69 Å². The molecule has 0 aliphatic rings. The van der Waals surface area contributed by atoms with Gasteiger partial charge < -0.3 is 4.57 Å². The molecule has 0 amide bonds. The second-order valence-electron chi connectivity index (χ2n) is 2.50. The average molecular weight is 166 g/mol. The van der Waals surface area contributed by atoms with Crippen molar-refractivity contribution in [1.82, 2.24) is 9.55 Å². The van der Waals surface area contributed by atoms with E-state index in [0.29, 0.717) is 12.1 Å². The summed E-state index contributed by atoms with van der Waals surface area (Å²) in [6.07, 6.45) is 3.02. The molecule has 0 unspecified atom stereocenters. The van der Waals surface area contributed by atoms with Gasteiger partial charge in [-0.15, -0.1) is 0 Å². The summed E-state index contributed by atoms with van der Waals surface area (Å²) in [7, 11) is 1.59. The predicted octanol–water partition coefficient (Wildman–Crippen LogP) is 0.373. The lowest BCUT2D eigenvalue weighted by molar-refractivity contribution is 0.0982. The number of rotatable bonds is 2. The van der Waals surface area contributed by atoms with E-state index in [9.17, 15) is 9.59 Å². The van der Waals surface area contributed by atoms with Crippen molar-refractivity contribution in [3.8, 4) is 0 Å².